The molecule has 1 atom stereocenters. The lowest BCUT2D eigenvalue weighted by molar-refractivity contribution is -0.384. The van der Waals surface area contributed by atoms with Gasteiger partial charge in [-0.05, 0) is 38.5 Å². The number of rotatable bonds is 8. The second-order valence-electron chi connectivity index (χ2n) is 7.59. The molecule has 9 heteroatoms. The van der Waals surface area contributed by atoms with Crippen LogP contribution < -0.4 is 0 Å². The van der Waals surface area contributed by atoms with Gasteiger partial charge in [0.1, 0.15) is 11.6 Å². The molecule has 1 fully saturated rings. The molecule has 1 aliphatic rings. The van der Waals surface area contributed by atoms with Gasteiger partial charge in [-0.1, -0.05) is 18.2 Å². The summed E-state index contributed by atoms with van der Waals surface area (Å²) in [5, 5.41) is 21.8. The van der Waals surface area contributed by atoms with Crippen LogP contribution in [-0.4, -0.2) is 45.9 Å². The van der Waals surface area contributed by atoms with Gasteiger partial charge in [-0.25, -0.2) is 4.39 Å². The monoisotopic (exact) mass is 442 g/mol. The number of aliphatic hydroxyl groups excluding tert-OH is 1. The Morgan fingerprint density at radius 2 is 1.84 bits per heavy atom. The number of amides is 1. The summed E-state index contributed by atoms with van der Waals surface area (Å²) in [4.78, 5) is 37.2. The number of Topliss-reactive ketones (excluding diaryl/α,β-unsaturated/α-hetero) is 1. The highest BCUT2D eigenvalue weighted by atomic mass is 19.1. The Morgan fingerprint density at radius 1 is 1.19 bits per heavy atom. The van der Waals surface area contributed by atoms with Crippen LogP contribution in [0.15, 0.2) is 54.1 Å². The van der Waals surface area contributed by atoms with Gasteiger partial charge >= 0.3 is 0 Å². The van der Waals surface area contributed by atoms with Crippen LogP contribution in [0.3, 0.4) is 0 Å². The van der Waals surface area contributed by atoms with Gasteiger partial charge < -0.3 is 14.7 Å². The molecule has 1 saturated heterocycles. The third kappa shape index (κ3) is 4.67. The number of halogens is 1. The lowest BCUT2D eigenvalue weighted by atomic mass is 9.95. The van der Waals surface area contributed by atoms with Crippen LogP contribution in [0.2, 0.25) is 0 Å². The molecule has 8 nitrogen and oxygen atoms in total. The summed E-state index contributed by atoms with van der Waals surface area (Å²) < 4.78 is 20.2. The number of hydrogen-bond acceptors (Lipinski definition) is 6. The van der Waals surface area contributed by atoms with E-state index in [1.54, 1.807) is 6.07 Å². The minimum absolute atomic E-state index is 0.00471. The van der Waals surface area contributed by atoms with Gasteiger partial charge in [0.25, 0.3) is 17.4 Å². The van der Waals surface area contributed by atoms with E-state index in [1.165, 1.54) is 47.4 Å². The van der Waals surface area contributed by atoms with Gasteiger partial charge in [-0.15, -0.1) is 0 Å². The zero-order valence-electron chi connectivity index (χ0n) is 17.7. The van der Waals surface area contributed by atoms with Crippen LogP contribution in [-0.2, 0) is 14.3 Å². The summed E-state index contributed by atoms with van der Waals surface area (Å²) >= 11 is 0. The third-order valence-electron chi connectivity index (χ3n) is 5.09. The average Bonchev–Trinajstić information content (AvgIpc) is 3.01. The summed E-state index contributed by atoms with van der Waals surface area (Å²) in [6.07, 6.45) is 0.406. The molecule has 0 radical (unpaired) electrons. The van der Waals surface area contributed by atoms with Crippen molar-refractivity contribution in [3.63, 3.8) is 0 Å². The molecule has 1 heterocycles. The van der Waals surface area contributed by atoms with Crippen molar-refractivity contribution in [2.45, 2.75) is 32.4 Å². The molecule has 0 aliphatic carbocycles. The van der Waals surface area contributed by atoms with E-state index in [9.17, 15) is 29.2 Å². The van der Waals surface area contributed by atoms with Crippen molar-refractivity contribution in [1.82, 2.24) is 4.90 Å². The number of aliphatic hydroxyl groups is 1. The van der Waals surface area contributed by atoms with E-state index in [4.69, 9.17) is 4.74 Å². The Bertz CT molecular complexity index is 1060. The van der Waals surface area contributed by atoms with E-state index in [1.807, 2.05) is 13.8 Å². The van der Waals surface area contributed by atoms with Crippen molar-refractivity contribution in [3.8, 4) is 0 Å². The summed E-state index contributed by atoms with van der Waals surface area (Å²) in [6.45, 7) is 4.20. The van der Waals surface area contributed by atoms with E-state index < -0.39 is 34.2 Å². The Kier molecular flexibility index (Phi) is 6.99. The first-order chi connectivity index (χ1) is 15.2. The molecule has 3 rings (SSSR count). The Balaban J connectivity index is 2.05. The quantitative estimate of drug-likeness (QED) is 0.165. The number of ketones is 1. The fourth-order valence-electron chi connectivity index (χ4n) is 3.58. The van der Waals surface area contributed by atoms with Gasteiger partial charge in [0.05, 0.1) is 22.6 Å². The van der Waals surface area contributed by atoms with E-state index in [0.717, 1.165) is 0 Å². The molecule has 1 N–H and O–H groups in total. The molecule has 168 valence electrons. The van der Waals surface area contributed by atoms with Crippen LogP contribution in [0.4, 0.5) is 10.1 Å². The normalized spacial score (nSPS) is 17.9. The first kappa shape index (κ1) is 23.1. The molecule has 1 unspecified atom stereocenters. The molecule has 1 amide bonds. The highest BCUT2D eigenvalue weighted by Crippen LogP contribution is 2.40. The van der Waals surface area contributed by atoms with Crippen LogP contribution in [0.1, 0.15) is 37.4 Å². The number of nitro groups is 1. The zero-order chi connectivity index (χ0) is 23.4. The standard InChI is InChI=1S/C23H23FN2O6/c1-14(2)32-13-5-12-25-20(17-6-3-4-7-18(17)24)19(22(28)23(25)29)21(27)15-8-10-16(11-9-15)26(30)31/h3-4,6-11,14,20,27H,5,12-13H2,1-2H3/b21-19+. The zero-order valence-corrected chi connectivity index (χ0v) is 17.7. The fraction of sp³-hybridized carbons (Fsp3) is 0.304. The van der Waals surface area contributed by atoms with Crippen molar-refractivity contribution < 1.29 is 28.7 Å². The summed E-state index contributed by atoms with van der Waals surface area (Å²) in [5.74, 6) is -2.95. The molecule has 2 aromatic carbocycles. The smallest absolute Gasteiger partial charge is 0.295 e. The maximum Gasteiger partial charge on any atom is 0.295 e. The molecule has 0 bridgehead atoms. The second-order valence-corrected chi connectivity index (χ2v) is 7.59. The molecular formula is C23H23FN2O6. The third-order valence-corrected chi connectivity index (χ3v) is 5.09. The molecular weight excluding hydrogens is 419 g/mol. The summed E-state index contributed by atoms with van der Waals surface area (Å²) in [5.41, 5.74) is -0.283. The van der Waals surface area contributed by atoms with Crippen molar-refractivity contribution in [1.29, 1.82) is 0 Å². The van der Waals surface area contributed by atoms with E-state index >= 15 is 0 Å². The Hall–Kier alpha value is -3.59. The van der Waals surface area contributed by atoms with Crippen LogP contribution in [0.25, 0.3) is 5.76 Å². The van der Waals surface area contributed by atoms with E-state index in [0.29, 0.717) is 13.0 Å². The van der Waals surface area contributed by atoms with Gasteiger partial charge in [-0.3, -0.25) is 19.7 Å². The van der Waals surface area contributed by atoms with Crippen molar-refractivity contribution in [3.05, 3.63) is 81.2 Å². The number of nitrogens with zero attached hydrogens (tertiary/aromatic N) is 2. The van der Waals surface area contributed by atoms with Gasteiger partial charge in [0.15, 0.2) is 0 Å². The number of ether oxygens (including phenoxy) is 1. The van der Waals surface area contributed by atoms with Crippen LogP contribution >= 0.6 is 0 Å². The number of benzene rings is 2. The molecule has 0 saturated carbocycles. The average molecular weight is 442 g/mol. The molecule has 32 heavy (non-hydrogen) atoms. The number of carbonyl (C=O) groups is 2. The molecule has 1 aliphatic heterocycles. The summed E-state index contributed by atoms with van der Waals surface area (Å²) in [6, 6.07) is 9.48. The molecule has 0 spiro atoms. The SMILES string of the molecule is CC(C)OCCCN1C(=O)C(=O)/C(=C(/O)c2ccc([N+](=O)[O-])cc2)C1c1ccccc1F. The molecule has 2 aromatic rings. The predicted octanol–water partition coefficient (Wildman–Crippen LogP) is 3.97. The fourth-order valence-corrected chi connectivity index (χ4v) is 3.58. The van der Waals surface area contributed by atoms with E-state index in [2.05, 4.69) is 0 Å². The number of non-ortho nitro benzene ring substituents is 1. The van der Waals surface area contributed by atoms with Gasteiger partial charge in [-0.2, -0.15) is 0 Å². The topological polar surface area (TPSA) is 110 Å². The minimum Gasteiger partial charge on any atom is -0.507 e. The number of nitro benzene ring substituents is 1. The Morgan fingerprint density at radius 3 is 2.44 bits per heavy atom. The predicted molar refractivity (Wildman–Crippen MR) is 114 cm³/mol. The first-order valence-electron chi connectivity index (χ1n) is 10.1. The lowest BCUT2D eigenvalue weighted by Gasteiger charge is -2.25. The first-order valence-corrected chi connectivity index (χ1v) is 10.1. The van der Waals surface area contributed by atoms with E-state index in [-0.39, 0.29) is 35.0 Å². The van der Waals surface area contributed by atoms with Gasteiger partial charge in [0, 0.05) is 36.4 Å². The van der Waals surface area contributed by atoms with Crippen molar-refractivity contribution >= 4 is 23.1 Å². The number of hydrogen-bond donors (Lipinski definition) is 1. The van der Waals surface area contributed by atoms with Crippen LogP contribution in [0, 0.1) is 15.9 Å². The maximum absolute atomic E-state index is 14.7. The highest BCUT2D eigenvalue weighted by Gasteiger charge is 2.46. The summed E-state index contributed by atoms with van der Waals surface area (Å²) in [7, 11) is 0. The highest BCUT2D eigenvalue weighted by molar-refractivity contribution is 6.46. The number of carbonyl (C=O) groups excluding carboxylic acids is 2. The minimum atomic E-state index is -1.13. The lowest BCUT2D eigenvalue weighted by Crippen LogP contribution is -2.31. The van der Waals surface area contributed by atoms with Gasteiger partial charge in [0.2, 0.25) is 0 Å². The second kappa shape index (κ2) is 9.69. The maximum atomic E-state index is 14.7. The largest absolute Gasteiger partial charge is 0.507 e. The van der Waals surface area contributed by atoms with Crippen molar-refractivity contribution in [2.75, 3.05) is 13.2 Å². The number of likely N-dealkylation sites (tertiary alicyclic amines) is 1. The van der Waals surface area contributed by atoms with Crippen LogP contribution in [0.5, 0.6) is 0 Å². The van der Waals surface area contributed by atoms with Crippen molar-refractivity contribution in [2.24, 2.45) is 0 Å². The Labute approximate surface area is 184 Å². The molecule has 0 aromatic heterocycles.